The Labute approximate surface area is 125 Å². The van der Waals surface area contributed by atoms with Crippen LogP contribution in [0.5, 0.6) is 0 Å². The predicted octanol–water partition coefficient (Wildman–Crippen LogP) is 4.17. The maximum atomic E-state index is 6.02. The van der Waals surface area contributed by atoms with Crippen LogP contribution in [0.15, 0.2) is 54.3 Å². The molecule has 0 unspecified atom stereocenters. The number of nitrogens with one attached hydrogen (secondary N) is 1. The molecule has 5 heteroatoms. The van der Waals surface area contributed by atoms with Gasteiger partial charge in [-0.2, -0.15) is 0 Å². The van der Waals surface area contributed by atoms with Crippen molar-refractivity contribution in [3.8, 4) is 0 Å². The van der Waals surface area contributed by atoms with Crippen molar-refractivity contribution < 1.29 is 0 Å². The summed E-state index contributed by atoms with van der Waals surface area (Å²) in [6.45, 7) is 0. The first-order valence-electron chi connectivity index (χ1n) is 6.54. The lowest BCUT2D eigenvalue weighted by Gasteiger charge is -2.11. The SMILES string of the molecule is Nc1ccc(Nc2ccc3ncsc3c2)c2cnccc12. The molecule has 2 heterocycles. The highest BCUT2D eigenvalue weighted by Gasteiger charge is 2.05. The summed E-state index contributed by atoms with van der Waals surface area (Å²) in [6, 6.07) is 12.0. The second-order valence-corrected chi connectivity index (χ2v) is 5.67. The molecule has 3 N–H and O–H groups in total. The van der Waals surface area contributed by atoms with Crippen LogP contribution in [-0.2, 0) is 0 Å². The van der Waals surface area contributed by atoms with Gasteiger partial charge < -0.3 is 11.1 Å². The number of hydrogen-bond acceptors (Lipinski definition) is 5. The van der Waals surface area contributed by atoms with Crippen molar-refractivity contribution in [3.05, 3.63) is 54.3 Å². The molecule has 0 saturated heterocycles. The summed E-state index contributed by atoms with van der Waals surface area (Å²) in [4.78, 5) is 8.49. The highest BCUT2D eigenvalue weighted by atomic mass is 32.1. The van der Waals surface area contributed by atoms with E-state index in [2.05, 4.69) is 21.4 Å². The summed E-state index contributed by atoms with van der Waals surface area (Å²) in [5.41, 5.74) is 11.7. The quantitative estimate of drug-likeness (QED) is 0.544. The Morgan fingerprint density at radius 3 is 2.95 bits per heavy atom. The third kappa shape index (κ3) is 2.08. The standard InChI is InChI=1S/C16H12N4S/c17-13-2-4-14(12-8-18-6-5-11(12)13)20-10-1-3-15-16(7-10)21-9-19-15/h1-9,20H,17H2. The predicted molar refractivity (Wildman–Crippen MR) is 89.1 cm³/mol. The number of pyridine rings is 1. The van der Waals surface area contributed by atoms with Crippen molar-refractivity contribution in [1.82, 2.24) is 9.97 Å². The van der Waals surface area contributed by atoms with Gasteiger partial charge in [-0.25, -0.2) is 4.98 Å². The van der Waals surface area contributed by atoms with E-state index in [4.69, 9.17) is 5.73 Å². The van der Waals surface area contributed by atoms with Gasteiger partial charge in [0.1, 0.15) is 0 Å². The van der Waals surface area contributed by atoms with Crippen molar-refractivity contribution in [3.63, 3.8) is 0 Å². The average molecular weight is 292 g/mol. The number of fused-ring (bicyclic) bond motifs is 2. The van der Waals surface area contributed by atoms with E-state index in [0.29, 0.717) is 0 Å². The smallest absolute Gasteiger partial charge is 0.0813 e. The molecule has 0 aliphatic carbocycles. The van der Waals surface area contributed by atoms with Gasteiger partial charge in [-0.1, -0.05) is 0 Å². The molecule has 102 valence electrons. The normalized spacial score (nSPS) is 11.0. The van der Waals surface area contributed by atoms with Crippen LogP contribution in [0.2, 0.25) is 0 Å². The van der Waals surface area contributed by atoms with Crippen LogP contribution in [0.25, 0.3) is 21.0 Å². The molecule has 0 spiro atoms. The van der Waals surface area contributed by atoms with Crippen LogP contribution in [0, 0.1) is 0 Å². The largest absolute Gasteiger partial charge is 0.398 e. The first kappa shape index (κ1) is 12.1. The van der Waals surface area contributed by atoms with E-state index in [1.54, 1.807) is 17.5 Å². The van der Waals surface area contributed by atoms with E-state index in [1.807, 2.05) is 42.0 Å². The molecule has 0 amide bonds. The fourth-order valence-electron chi connectivity index (χ4n) is 2.41. The minimum atomic E-state index is 0.760. The van der Waals surface area contributed by atoms with E-state index < -0.39 is 0 Å². The molecule has 4 nitrogen and oxygen atoms in total. The van der Waals surface area contributed by atoms with Gasteiger partial charge in [0.15, 0.2) is 0 Å². The van der Waals surface area contributed by atoms with Crippen molar-refractivity contribution in [2.75, 3.05) is 11.1 Å². The lowest BCUT2D eigenvalue weighted by molar-refractivity contribution is 1.36. The molecule has 0 saturated carbocycles. The molecule has 0 bridgehead atoms. The van der Waals surface area contributed by atoms with Crippen molar-refractivity contribution >= 4 is 49.4 Å². The molecule has 21 heavy (non-hydrogen) atoms. The van der Waals surface area contributed by atoms with E-state index in [0.717, 1.165) is 38.1 Å². The Bertz CT molecular complexity index is 945. The maximum Gasteiger partial charge on any atom is 0.0813 e. The molecular weight excluding hydrogens is 280 g/mol. The second kappa shape index (κ2) is 4.71. The van der Waals surface area contributed by atoms with E-state index in [-0.39, 0.29) is 0 Å². The van der Waals surface area contributed by atoms with Gasteiger partial charge in [0.2, 0.25) is 0 Å². The Balaban J connectivity index is 1.81. The third-order valence-electron chi connectivity index (χ3n) is 3.46. The Morgan fingerprint density at radius 1 is 1.05 bits per heavy atom. The molecule has 0 atom stereocenters. The average Bonchev–Trinajstić information content (AvgIpc) is 2.98. The van der Waals surface area contributed by atoms with Crippen LogP contribution >= 0.6 is 11.3 Å². The van der Waals surface area contributed by atoms with Crippen molar-refractivity contribution in [1.29, 1.82) is 0 Å². The number of rotatable bonds is 2. The summed E-state index contributed by atoms with van der Waals surface area (Å²) in [7, 11) is 0. The fourth-order valence-corrected chi connectivity index (χ4v) is 3.13. The maximum absolute atomic E-state index is 6.02. The molecule has 4 aromatic rings. The fraction of sp³-hybridized carbons (Fsp3) is 0. The van der Waals surface area contributed by atoms with Gasteiger partial charge in [0.05, 0.1) is 15.7 Å². The molecular formula is C16H12N4S. The first-order chi connectivity index (χ1) is 10.3. The Hall–Kier alpha value is -2.66. The zero-order chi connectivity index (χ0) is 14.2. The summed E-state index contributed by atoms with van der Waals surface area (Å²) in [5.74, 6) is 0. The lowest BCUT2D eigenvalue weighted by atomic mass is 10.1. The molecule has 2 aromatic heterocycles. The van der Waals surface area contributed by atoms with Crippen molar-refractivity contribution in [2.45, 2.75) is 0 Å². The summed E-state index contributed by atoms with van der Waals surface area (Å²) >= 11 is 1.63. The molecule has 2 aromatic carbocycles. The third-order valence-corrected chi connectivity index (χ3v) is 4.25. The van der Waals surface area contributed by atoms with Crippen LogP contribution in [0.3, 0.4) is 0 Å². The highest BCUT2D eigenvalue weighted by molar-refractivity contribution is 7.16. The van der Waals surface area contributed by atoms with Gasteiger partial charge in [-0.05, 0) is 36.4 Å². The summed E-state index contributed by atoms with van der Waals surface area (Å²) in [5, 5.41) is 5.46. The van der Waals surface area contributed by atoms with E-state index in [9.17, 15) is 0 Å². The topological polar surface area (TPSA) is 63.8 Å². The summed E-state index contributed by atoms with van der Waals surface area (Å²) < 4.78 is 1.16. The number of nitrogen functional groups attached to an aromatic ring is 1. The van der Waals surface area contributed by atoms with Crippen LogP contribution in [0.4, 0.5) is 17.1 Å². The number of nitrogens with two attached hydrogens (primary N) is 1. The molecule has 4 rings (SSSR count). The van der Waals surface area contributed by atoms with E-state index >= 15 is 0 Å². The van der Waals surface area contributed by atoms with E-state index in [1.165, 1.54) is 0 Å². The zero-order valence-corrected chi connectivity index (χ0v) is 11.9. The minimum absolute atomic E-state index is 0.760. The van der Waals surface area contributed by atoms with Crippen LogP contribution in [-0.4, -0.2) is 9.97 Å². The zero-order valence-electron chi connectivity index (χ0n) is 11.1. The monoisotopic (exact) mass is 292 g/mol. The second-order valence-electron chi connectivity index (χ2n) is 4.78. The number of thiazole rings is 1. The molecule has 0 aliphatic heterocycles. The molecule has 0 fully saturated rings. The number of hydrogen-bond donors (Lipinski definition) is 2. The Kier molecular flexibility index (Phi) is 2.72. The van der Waals surface area contributed by atoms with Crippen LogP contribution < -0.4 is 11.1 Å². The van der Waals surface area contributed by atoms with Crippen LogP contribution in [0.1, 0.15) is 0 Å². The molecule has 0 radical (unpaired) electrons. The Morgan fingerprint density at radius 2 is 2.00 bits per heavy atom. The number of benzene rings is 2. The summed E-state index contributed by atoms with van der Waals surface area (Å²) in [6.07, 6.45) is 3.59. The van der Waals surface area contributed by atoms with Gasteiger partial charge >= 0.3 is 0 Å². The highest BCUT2D eigenvalue weighted by Crippen LogP contribution is 2.31. The van der Waals surface area contributed by atoms with Gasteiger partial charge in [0.25, 0.3) is 0 Å². The number of anilines is 3. The van der Waals surface area contributed by atoms with Gasteiger partial charge in [-0.15, -0.1) is 11.3 Å². The minimum Gasteiger partial charge on any atom is -0.398 e. The first-order valence-corrected chi connectivity index (χ1v) is 7.42. The molecule has 0 aliphatic rings. The number of nitrogens with zero attached hydrogens (tertiary/aromatic N) is 2. The van der Waals surface area contributed by atoms with Crippen molar-refractivity contribution in [2.24, 2.45) is 0 Å². The lowest BCUT2D eigenvalue weighted by Crippen LogP contribution is -1.94. The number of aromatic nitrogens is 2. The van der Waals surface area contributed by atoms with Gasteiger partial charge in [0, 0.05) is 40.2 Å². The van der Waals surface area contributed by atoms with Gasteiger partial charge in [-0.3, -0.25) is 4.98 Å².